The van der Waals surface area contributed by atoms with Crippen LogP contribution in [-0.4, -0.2) is 13.6 Å². The Hall–Kier alpha value is -2.94. The molecule has 1 atom stereocenters. The Bertz CT molecular complexity index is 777. The zero-order valence-electron chi connectivity index (χ0n) is 17.4. The van der Waals surface area contributed by atoms with Gasteiger partial charge in [0, 0.05) is 42.0 Å². The Kier molecular flexibility index (Phi) is 6.59. The second kappa shape index (κ2) is 9.32. The summed E-state index contributed by atoms with van der Waals surface area (Å²) in [6.45, 7) is 7.65. The summed E-state index contributed by atoms with van der Waals surface area (Å²) in [5.41, 5.74) is 6.99. The molecule has 0 aliphatic heterocycles. The van der Waals surface area contributed by atoms with E-state index in [1.807, 2.05) is 0 Å². The molecule has 28 heavy (non-hydrogen) atoms. The maximum Gasteiger partial charge on any atom is 0.0385 e. The lowest BCUT2D eigenvalue weighted by molar-refractivity contribution is 0.734. The monoisotopic (exact) mass is 373 g/mol. The molecule has 3 heteroatoms. The second-order valence-corrected chi connectivity index (χ2v) is 7.32. The van der Waals surface area contributed by atoms with Crippen LogP contribution >= 0.6 is 0 Å². The van der Waals surface area contributed by atoms with Crippen molar-refractivity contribution in [3.63, 3.8) is 0 Å². The molecule has 3 rings (SSSR count). The van der Waals surface area contributed by atoms with E-state index in [0.717, 1.165) is 29.3 Å². The fourth-order valence-corrected chi connectivity index (χ4v) is 3.08. The highest BCUT2D eigenvalue weighted by molar-refractivity contribution is 5.67. The minimum atomic E-state index is 0.607. The largest absolute Gasteiger partial charge is 0.375 e. The Morgan fingerprint density at radius 2 is 1.07 bits per heavy atom. The topological polar surface area (TPSA) is 27.3 Å². The van der Waals surface area contributed by atoms with Gasteiger partial charge in [-0.15, -0.1) is 0 Å². The summed E-state index contributed by atoms with van der Waals surface area (Å²) in [7, 11) is 2.10. The van der Waals surface area contributed by atoms with E-state index in [0.29, 0.717) is 5.92 Å². The van der Waals surface area contributed by atoms with Crippen LogP contribution in [0.25, 0.3) is 0 Å². The minimum Gasteiger partial charge on any atom is -0.375 e. The van der Waals surface area contributed by atoms with E-state index in [1.54, 1.807) is 0 Å². The number of hydrogen-bond donors (Lipinski definition) is 2. The quantitative estimate of drug-likeness (QED) is 0.439. The van der Waals surface area contributed by atoms with Crippen LogP contribution in [0.2, 0.25) is 0 Å². The van der Waals surface area contributed by atoms with Gasteiger partial charge in [0.25, 0.3) is 0 Å². The smallest absolute Gasteiger partial charge is 0.0385 e. The molecule has 3 nitrogen and oxygen atoms in total. The Morgan fingerprint density at radius 3 is 1.46 bits per heavy atom. The molecule has 0 radical (unpaired) electrons. The van der Waals surface area contributed by atoms with Gasteiger partial charge in [-0.2, -0.15) is 0 Å². The van der Waals surface area contributed by atoms with Crippen LogP contribution in [0.3, 0.4) is 0 Å². The first-order valence-electron chi connectivity index (χ1n) is 10.1. The summed E-state index contributed by atoms with van der Waals surface area (Å²) in [4.78, 5) is 2.22. The SMILES string of the molecule is CCC(C)c1ccc(Nc2ccc(Nc3ccc(N(C)CC)cc3)cc2)cc1. The van der Waals surface area contributed by atoms with E-state index in [1.165, 1.54) is 17.7 Å². The van der Waals surface area contributed by atoms with Crippen molar-refractivity contribution in [2.75, 3.05) is 29.1 Å². The molecule has 1 unspecified atom stereocenters. The molecule has 3 aromatic rings. The Labute approximate surface area is 169 Å². The highest BCUT2D eigenvalue weighted by atomic mass is 15.1. The third-order valence-corrected chi connectivity index (χ3v) is 5.34. The van der Waals surface area contributed by atoms with E-state index < -0.39 is 0 Å². The van der Waals surface area contributed by atoms with Gasteiger partial charge in [-0.1, -0.05) is 26.0 Å². The highest BCUT2D eigenvalue weighted by Crippen LogP contribution is 2.25. The fourth-order valence-electron chi connectivity index (χ4n) is 3.08. The van der Waals surface area contributed by atoms with Gasteiger partial charge in [0.1, 0.15) is 0 Å². The second-order valence-electron chi connectivity index (χ2n) is 7.32. The van der Waals surface area contributed by atoms with Gasteiger partial charge in [0.15, 0.2) is 0 Å². The van der Waals surface area contributed by atoms with Crippen molar-refractivity contribution in [2.24, 2.45) is 0 Å². The van der Waals surface area contributed by atoms with Crippen LogP contribution in [0.15, 0.2) is 72.8 Å². The molecule has 0 saturated carbocycles. The number of anilines is 5. The molecule has 0 bridgehead atoms. The van der Waals surface area contributed by atoms with Gasteiger partial charge < -0.3 is 15.5 Å². The third-order valence-electron chi connectivity index (χ3n) is 5.34. The average Bonchev–Trinajstić information content (AvgIpc) is 2.75. The molecule has 146 valence electrons. The van der Waals surface area contributed by atoms with Crippen molar-refractivity contribution in [3.05, 3.63) is 78.4 Å². The van der Waals surface area contributed by atoms with Crippen molar-refractivity contribution in [1.82, 2.24) is 0 Å². The molecule has 0 aliphatic rings. The van der Waals surface area contributed by atoms with Crippen LogP contribution in [0, 0.1) is 0 Å². The first-order valence-corrected chi connectivity index (χ1v) is 10.1. The van der Waals surface area contributed by atoms with Crippen LogP contribution < -0.4 is 15.5 Å². The maximum atomic E-state index is 3.47. The van der Waals surface area contributed by atoms with Crippen LogP contribution in [0.1, 0.15) is 38.7 Å². The van der Waals surface area contributed by atoms with Crippen molar-refractivity contribution >= 4 is 28.4 Å². The van der Waals surface area contributed by atoms with E-state index in [4.69, 9.17) is 0 Å². The number of nitrogens with zero attached hydrogens (tertiary/aromatic N) is 1. The van der Waals surface area contributed by atoms with Crippen LogP contribution in [0.5, 0.6) is 0 Å². The summed E-state index contributed by atoms with van der Waals surface area (Å²) in [6.07, 6.45) is 1.17. The molecule has 0 heterocycles. The van der Waals surface area contributed by atoms with Gasteiger partial charge in [0.05, 0.1) is 0 Å². The third kappa shape index (κ3) is 5.07. The Morgan fingerprint density at radius 1 is 0.679 bits per heavy atom. The van der Waals surface area contributed by atoms with Gasteiger partial charge in [-0.05, 0) is 85.5 Å². The van der Waals surface area contributed by atoms with E-state index in [-0.39, 0.29) is 0 Å². The van der Waals surface area contributed by atoms with Crippen molar-refractivity contribution in [1.29, 1.82) is 0 Å². The summed E-state index contributed by atoms with van der Waals surface area (Å²) in [5.74, 6) is 0.607. The molecule has 0 amide bonds. The molecule has 3 aromatic carbocycles. The molecular formula is C25H31N3. The lowest BCUT2D eigenvalue weighted by Gasteiger charge is -2.17. The molecule has 0 saturated heterocycles. The summed E-state index contributed by atoms with van der Waals surface area (Å²) in [6, 6.07) is 25.7. The van der Waals surface area contributed by atoms with Crippen molar-refractivity contribution in [2.45, 2.75) is 33.1 Å². The summed E-state index contributed by atoms with van der Waals surface area (Å²) < 4.78 is 0. The predicted molar refractivity (Wildman–Crippen MR) is 124 cm³/mol. The van der Waals surface area contributed by atoms with Crippen LogP contribution in [0.4, 0.5) is 28.4 Å². The lowest BCUT2D eigenvalue weighted by Crippen LogP contribution is -2.15. The summed E-state index contributed by atoms with van der Waals surface area (Å²) in [5, 5.41) is 6.93. The molecule has 2 N–H and O–H groups in total. The molecule has 0 fully saturated rings. The molecular weight excluding hydrogens is 342 g/mol. The number of hydrogen-bond acceptors (Lipinski definition) is 3. The lowest BCUT2D eigenvalue weighted by atomic mass is 9.99. The molecule has 0 spiro atoms. The van der Waals surface area contributed by atoms with E-state index in [2.05, 4.69) is 116 Å². The van der Waals surface area contributed by atoms with E-state index >= 15 is 0 Å². The highest BCUT2D eigenvalue weighted by Gasteiger charge is 2.03. The normalized spacial score (nSPS) is 11.7. The van der Waals surface area contributed by atoms with Gasteiger partial charge in [-0.3, -0.25) is 0 Å². The van der Waals surface area contributed by atoms with Crippen molar-refractivity contribution in [3.8, 4) is 0 Å². The van der Waals surface area contributed by atoms with E-state index in [9.17, 15) is 0 Å². The van der Waals surface area contributed by atoms with Gasteiger partial charge in [-0.25, -0.2) is 0 Å². The predicted octanol–water partition coefficient (Wildman–Crippen LogP) is 7.14. The average molecular weight is 374 g/mol. The number of nitrogens with one attached hydrogen (secondary N) is 2. The van der Waals surface area contributed by atoms with Gasteiger partial charge in [0.2, 0.25) is 0 Å². The maximum absolute atomic E-state index is 3.47. The first-order chi connectivity index (χ1) is 13.6. The fraction of sp³-hybridized carbons (Fsp3) is 0.280. The number of benzene rings is 3. The van der Waals surface area contributed by atoms with Crippen LogP contribution in [-0.2, 0) is 0 Å². The molecule has 0 aromatic heterocycles. The Balaban J connectivity index is 1.60. The van der Waals surface area contributed by atoms with Crippen molar-refractivity contribution < 1.29 is 0 Å². The zero-order valence-corrected chi connectivity index (χ0v) is 17.4. The number of rotatable bonds is 8. The minimum absolute atomic E-state index is 0.607. The van der Waals surface area contributed by atoms with Gasteiger partial charge >= 0.3 is 0 Å². The first kappa shape index (κ1) is 19.8. The zero-order chi connectivity index (χ0) is 19.9. The standard InChI is InChI=1S/C25H31N3/c1-5-19(3)20-7-9-21(10-8-20)26-22-11-13-23(14-12-22)27-24-15-17-25(18-16-24)28(4)6-2/h7-19,26-27H,5-6H2,1-4H3. The molecule has 0 aliphatic carbocycles. The summed E-state index contributed by atoms with van der Waals surface area (Å²) >= 11 is 0.